The van der Waals surface area contributed by atoms with Crippen molar-refractivity contribution in [3.05, 3.63) is 33.8 Å². The molecule has 114 valence electrons. The van der Waals surface area contributed by atoms with Gasteiger partial charge < -0.3 is 4.90 Å². The molecule has 0 radical (unpaired) electrons. The molecule has 1 aromatic carbocycles. The second-order valence-electron chi connectivity index (χ2n) is 5.95. The zero-order valence-corrected chi connectivity index (χ0v) is 14.2. The van der Waals surface area contributed by atoms with Crippen LogP contribution >= 0.6 is 35.0 Å². The standard InChI is InChI=1S/C16H19Cl2NOS/c17-13-4-3-12(15(18)7-13)9-21-10-16(20)19(14-5-6-14)8-11-1-2-11/h3-4,7,11,14H,1-2,5-6,8-10H2. The summed E-state index contributed by atoms with van der Waals surface area (Å²) in [5.41, 5.74) is 1.04. The molecule has 0 unspecified atom stereocenters. The fraction of sp³-hybridized carbons (Fsp3) is 0.562. The number of carbonyl (C=O) groups excluding carboxylic acids is 1. The number of carbonyl (C=O) groups is 1. The van der Waals surface area contributed by atoms with Crippen LogP contribution in [-0.4, -0.2) is 29.1 Å². The molecule has 5 heteroatoms. The predicted molar refractivity (Wildman–Crippen MR) is 90.1 cm³/mol. The number of hydrogen-bond donors (Lipinski definition) is 0. The molecule has 0 heterocycles. The van der Waals surface area contributed by atoms with Crippen LogP contribution in [0.15, 0.2) is 18.2 Å². The molecule has 0 N–H and O–H groups in total. The number of rotatable bonds is 7. The van der Waals surface area contributed by atoms with Gasteiger partial charge in [0.05, 0.1) is 5.75 Å². The number of thioether (sulfide) groups is 1. The number of amides is 1. The molecule has 1 amide bonds. The first-order valence-electron chi connectivity index (χ1n) is 7.44. The summed E-state index contributed by atoms with van der Waals surface area (Å²) >= 11 is 13.7. The maximum absolute atomic E-state index is 12.4. The first kappa shape index (κ1) is 15.5. The predicted octanol–water partition coefficient (Wildman–Crippen LogP) is 4.63. The van der Waals surface area contributed by atoms with Gasteiger partial charge in [-0.3, -0.25) is 4.79 Å². The van der Waals surface area contributed by atoms with Crippen LogP contribution in [0.2, 0.25) is 10.0 Å². The van der Waals surface area contributed by atoms with E-state index in [2.05, 4.69) is 4.90 Å². The molecule has 2 nitrogen and oxygen atoms in total. The van der Waals surface area contributed by atoms with Crippen molar-refractivity contribution in [2.75, 3.05) is 12.3 Å². The average Bonchev–Trinajstić information content (AvgIpc) is 3.32. The van der Waals surface area contributed by atoms with Gasteiger partial charge in [-0.2, -0.15) is 0 Å². The fourth-order valence-electron chi connectivity index (χ4n) is 2.39. The van der Waals surface area contributed by atoms with Crippen molar-refractivity contribution in [2.45, 2.75) is 37.5 Å². The maximum Gasteiger partial charge on any atom is 0.232 e. The van der Waals surface area contributed by atoms with Crippen molar-refractivity contribution in [2.24, 2.45) is 5.92 Å². The lowest BCUT2D eigenvalue weighted by Gasteiger charge is -2.22. The Morgan fingerprint density at radius 2 is 2.00 bits per heavy atom. The fourth-order valence-corrected chi connectivity index (χ4v) is 3.86. The summed E-state index contributed by atoms with van der Waals surface area (Å²) in [5, 5.41) is 1.33. The third-order valence-corrected chi connectivity index (χ3v) is 5.51. The van der Waals surface area contributed by atoms with Gasteiger partial charge in [0, 0.05) is 28.4 Å². The number of halogens is 2. The summed E-state index contributed by atoms with van der Waals surface area (Å²) < 4.78 is 0. The van der Waals surface area contributed by atoms with Gasteiger partial charge in [-0.05, 0) is 49.3 Å². The third kappa shape index (κ3) is 4.54. The molecular weight excluding hydrogens is 325 g/mol. The molecule has 3 rings (SSSR count). The molecule has 0 spiro atoms. The monoisotopic (exact) mass is 343 g/mol. The lowest BCUT2D eigenvalue weighted by atomic mass is 10.2. The smallest absolute Gasteiger partial charge is 0.232 e. The van der Waals surface area contributed by atoms with Crippen LogP contribution in [-0.2, 0) is 10.5 Å². The molecular formula is C16H19Cl2NOS. The second-order valence-corrected chi connectivity index (χ2v) is 7.78. The summed E-state index contributed by atoms with van der Waals surface area (Å²) in [5.74, 6) is 2.36. The molecule has 0 aromatic heterocycles. The Morgan fingerprint density at radius 1 is 1.24 bits per heavy atom. The highest BCUT2D eigenvalue weighted by molar-refractivity contribution is 7.99. The zero-order valence-electron chi connectivity index (χ0n) is 11.9. The number of benzene rings is 1. The lowest BCUT2D eigenvalue weighted by molar-refractivity contribution is -0.129. The molecule has 0 bridgehead atoms. The van der Waals surface area contributed by atoms with Crippen LogP contribution in [0.25, 0.3) is 0 Å². The minimum atomic E-state index is 0.291. The molecule has 21 heavy (non-hydrogen) atoms. The van der Waals surface area contributed by atoms with E-state index in [0.717, 1.165) is 23.8 Å². The largest absolute Gasteiger partial charge is 0.339 e. The first-order chi connectivity index (χ1) is 10.1. The quantitative estimate of drug-likeness (QED) is 0.719. The highest BCUT2D eigenvalue weighted by Crippen LogP contribution is 2.35. The van der Waals surface area contributed by atoms with Crippen LogP contribution in [0.3, 0.4) is 0 Å². The van der Waals surface area contributed by atoms with Crippen LogP contribution in [0.5, 0.6) is 0 Å². The van der Waals surface area contributed by atoms with Gasteiger partial charge in [-0.15, -0.1) is 11.8 Å². The Bertz CT molecular complexity index is 529. The summed E-state index contributed by atoms with van der Waals surface area (Å²) in [6, 6.07) is 6.06. The Hall–Kier alpha value is -0.380. The summed E-state index contributed by atoms with van der Waals surface area (Å²) in [4.78, 5) is 14.5. The van der Waals surface area contributed by atoms with Gasteiger partial charge in [-0.1, -0.05) is 29.3 Å². The van der Waals surface area contributed by atoms with Crippen molar-refractivity contribution in [1.82, 2.24) is 4.90 Å². The summed E-state index contributed by atoms with van der Waals surface area (Å²) in [7, 11) is 0. The molecule has 2 fully saturated rings. The van der Waals surface area contributed by atoms with E-state index in [1.165, 1.54) is 25.7 Å². The minimum Gasteiger partial charge on any atom is -0.339 e. The Morgan fingerprint density at radius 3 is 2.62 bits per heavy atom. The van der Waals surface area contributed by atoms with Gasteiger partial charge in [0.25, 0.3) is 0 Å². The molecule has 2 aliphatic rings. The molecule has 0 saturated heterocycles. The van der Waals surface area contributed by atoms with Crippen molar-refractivity contribution in [3.63, 3.8) is 0 Å². The van der Waals surface area contributed by atoms with Crippen LogP contribution < -0.4 is 0 Å². The average molecular weight is 344 g/mol. The zero-order chi connectivity index (χ0) is 14.8. The topological polar surface area (TPSA) is 20.3 Å². The Balaban J connectivity index is 1.48. The molecule has 1 aromatic rings. The van der Waals surface area contributed by atoms with Gasteiger partial charge >= 0.3 is 0 Å². The highest BCUT2D eigenvalue weighted by Gasteiger charge is 2.36. The van der Waals surface area contributed by atoms with Gasteiger partial charge in [-0.25, -0.2) is 0 Å². The van der Waals surface area contributed by atoms with E-state index in [1.54, 1.807) is 17.8 Å². The lowest BCUT2D eigenvalue weighted by Crippen LogP contribution is -2.36. The van der Waals surface area contributed by atoms with Crippen molar-refractivity contribution >= 4 is 40.9 Å². The highest BCUT2D eigenvalue weighted by atomic mass is 35.5. The van der Waals surface area contributed by atoms with Gasteiger partial charge in [0.1, 0.15) is 0 Å². The Kier molecular flexibility index (Phi) is 5.03. The minimum absolute atomic E-state index is 0.291. The van der Waals surface area contributed by atoms with E-state index >= 15 is 0 Å². The van der Waals surface area contributed by atoms with E-state index in [4.69, 9.17) is 23.2 Å². The maximum atomic E-state index is 12.4. The Labute approximate surface area is 140 Å². The van der Waals surface area contributed by atoms with Crippen molar-refractivity contribution in [1.29, 1.82) is 0 Å². The van der Waals surface area contributed by atoms with Crippen LogP contribution in [0.4, 0.5) is 0 Å². The number of hydrogen-bond acceptors (Lipinski definition) is 2. The molecule has 2 saturated carbocycles. The van der Waals surface area contributed by atoms with E-state index in [9.17, 15) is 4.79 Å². The molecule has 2 aliphatic carbocycles. The summed E-state index contributed by atoms with van der Waals surface area (Å²) in [6.07, 6.45) is 4.96. The normalized spacial score (nSPS) is 17.8. The summed E-state index contributed by atoms with van der Waals surface area (Å²) in [6.45, 7) is 0.978. The molecule has 0 aliphatic heterocycles. The first-order valence-corrected chi connectivity index (χ1v) is 9.35. The molecule has 0 atom stereocenters. The van der Waals surface area contributed by atoms with E-state index in [1.807, 2.05) is 12.1 Å². The third-order valence-electron chi connectivity index (χ3n) is 3.96. The van der Waals surface area contributed by atoms with Crippen molar-refractivity contribution < 1.29 is 4.79 Å². The van der Waals surface area contributed by atoms with Crippen molar-refractivity contribution in [3.8, 4) is 0 Å². The van der Waals surface area contributed by atoms with Gasteiger partial charge in [0.2, 0.25) is 5.91 Å². The van der Waals surface area contributed by atoms with E-state index in [0.29, 0.717) is 27.7 Å². The van der Waals surface area contributed by atoms with E-state index in [-0.39, 0.29) is 0 Å². The van der Waals surface area contributed by atoms with Crippen LogP contribution in [0, 0.1) is 5.92 Å². The van der Waals surface area contributed by atoms with Crippen LogP contribution in [0.1, 0.15) is 31.2 Å². The van der Waals surface area contributed by atoms with E-state index < -0.39 is 0 Å². The number of nitrogens with zero attached hydrogens (tertiary/aromatic N) is 1. The second kappa shape index (κ2) is 6.80. The SMILES string of the molecule is O=C(CSCc1ccc(Cl)cc1Cl)N(CC1CC1)C1CC1. The van der Waals surface area contributed by atoms with Gasteiger partial charge in [0.15, 0.2) is 0 Å².